The number of hydrogen-bond donors (Lipinski definition) is 1. The largest absolute Gasteiger partial charge is 0.342 e. The number of hydrogen-bond acceptors (Lipinski definition) is 2. The van der Waals surface area contributed by atoms with Gasteiger partial charge in [-0.25, -0.2) is 4.39 Å². The minimum Gasteiger partial charge on any atom is -0.342 e. The van der Waals surface area contributed by atoms with Crippen molar-refractivity contribution in [3.05, 3.63) is 28.0 Å². The lowest BCUT2D eigenvalue weighted by Crippen LogP contribution is -2.62. The van der Waals surface area contributed by atoms with E-state index in [1.165, 1.54) is 17.0 Å². The molecule has 7 heteroatoms. The van der Waals surface area contributed by atoms with E-state index in [0.29, 0.717) is 12.1 Å². The Hall–Kier alpha value is -1.33. The fourth-order valence-electron chi connectivity index (χ4n) is 2.35. The van der Waals surface area contributed by atoms with Crippen molar-refractivity contribution in [2.45, 2.75) is 38.8 Å². The van der Waals surface area contributed by atoms with Gasteiger partial charge in [0.05, 0.1) is 10.0 Å². The lowest BCUT2D eigenvalue weighted by molar-refractivity contribution is -0.133. The van der Waals surface area contributed by atoms with E-state index in [0.717, 1.165) is 6.42 Å². The number of anilines is 1. The molecule has 1 aromatic rings. The number of carbonyl (C=O) groups excluding carboxylic acids is 2. The van der Waals surface area contributed by atoms with Gasteiger partial charge in [0.25, 0.3) is 0 Å². The Morgan fingerprint density at radius 1 is 1.29 bits per heavy atom. The smallest absolute Gasteiger partial charge is 0.250 e. The van der Waals surface area contributed by atoms with Gasteiger partial charge in [-0.1, -0.05) is 36.5 Å². The highest BCUT2D eigenvalue weighted by Crippen LogP contribution is 2.32. The molecule has 2 rings (SSSR count). The molecule has 1 aliphatic rings. The summed E-state index contributed by atoms with van der Waals surface area (Å²) in [6.07, 6.45) is 1.29. The van der Waals surface area contributed by atoms with Crippen molar-refractivity contribution in [1.29, 1.82) is 0 Å². The average Bonchev–Trinajstić information content (AvgIpc) is 2.42. The Morgan fingerprint density at radius 2 is 1.86 bits per heavy atom. The van der Waals surface area contributed by atoms with Gasteiger partial charge >= 0.3 is 0 Å². The van der Waals surface area contributed by atoms with E-state index < -0.39 is 17.9 Å². The summed E-state index contributed by atoms with van der Waals surface area (Å²) in [6, 6.07) is 1.32. The molecule has 21 heavy (non-hydrogen) atoms. The van der Waals surface area contributed by atoms with Crippen molar-refractivity contribution in [3.8, 4) is 0 Å². The number of halogens is 3. The zero-order valence-electron chi connectivity index (χ0n) is 11.6. The van der Waals surface area contributed by atoms with Crippen LogP contribution in [0.15, 0.2) is 12.1 Å². The molecule has 0 aliphatic carbocycles. The first-order valence-electron chi connectivity index (χ1n) is 6.64. The summed E-state index contributed by atoms with van der Waals surface area (Å²) in [6.45, 7) is 3.52. The van der Waals surface area contributed by atoms with Crippen molar-refractivity contribution >= 4 is 40.7 Å². The van der Waals surface area contributed by atoms with E-state index in [1.807, 2.05) is 6.92 Å². The Morgan fingerprint density at radius 3 is 2.38 bits per heavy atom. The number of nitrogens with one attached hydrogen (secondary N) is 1. The Bertz CT molecular complexity index is 571. The Balaban J connectivity index is 2.44. The van der Waals surface area contributed by atoms with Crippen molar-refractivity contribution in [2.75, 3.05) is 4.90 Å². The molecular formula is C14H15Cl2FN2O2. The summed E-state index contributed by atoms with van der Waals surface area (Å²) in [5, 5.41) is 2.32. The maximum absolute atomic E-state index is 13.5. The molecule has 0 radical (unpaired) electrons. The van der Waals surface area contributed by atoms with E-state index in [4.69, 9.17) is 23.2 Å². The quantitative estimate of drug-likeness (QED) is 0.864. The van der Waals surface area contributed by atoms with Crippen LogP contribution in [-0.2, 0) is 9.59 Å². The van der Waals surface area contributed by atoms with Crippen LogP contribution in [0.5, 0.6) is 0 Å². The second-order valence-corrected chi connectivity index (χ2v) is 5.77. The highest BCUT2D eigenvalue weighted by Gasteiger charge is 2.38. The molecule has 2 unspecified atom stereocenters. The molecule has 1 aromatic carbocycles. The summed E-state index contributed by atoms with van der Waals surface area (Å²) >= 11 is 11.5. The topological polar surface area (TPSA) is 49.4 Å². The number of benzene rings is 1. The fraction of sp³-hybridized carbons (Fsp3) is 0.429. The van der Waals surface area contributed by atoms with Crippen LogP contribution >= 0.6 is 23.2 Å². The third kappa shape index (κ3) is 2.99. The normalized spacial score (nSPS) is 22.4. The van der Waals surface area contributed by atoms with Gasteiger partial charge in [-0.05, 0) is 25.5 Å². The first-order chi connectivity index (χ1) is 9.86. The van der Waals surface area contributed by atoms with Crippen LogP contribution in [0.25, 0.3) is 0 Å². The molecule has 0 aromatic heterocycles. The van der Waals surface area contributed by atoms with Crippen molar-refractivity contribution < 1.29 is 14.0 Å². The molecule has 4 nitrogen and oxygen atoms in total. The summed E-state index contributed by atoms with van der Waals surface area (Å²) in [7, 11) is 0. The Kier molecular flexibility index (Phi) is 4.74. The first kappa shape index (κ1) is 16.0. The van der Waals surface area contributed by atoms with E-state index in [2.05, 4.69) is 5.32 Å². The molecule has 1 heterocycles. The first-order valence-corrected chi connectivity index (χ1v) is 7.40. The van der Waals surface area contributed by atoms with Crippen LogP contribution in [0.2, 0.25) is 10.0 Å². The van der Waals surface area contributed by atoms with Crippen molar-refractivity contribution in [3.63, 3.8) is 0 Å². The summed E-state index contributed by atoms with van der Waals surface area (Å²) in [4.78, 5) is 25.8. The summed E-state index contributed by atoms with van der Waals surface area (Å²) in [5.41, 5.74) is 0.319. The molecule has 1 N–H and O–H groups in total. The van der Waals surface area contributed by atoms with Gasteiger partial charge in [-0.2, -0.15) is 0 Å². The summed E-state index contributed by atoms with van der Waals surface area (Å²) < 4.78 is 13.5. The molecular weight excluding hydrogens is 318 g/mol. The van der Waals surface area contributed by atoms with E-state index in [-0.39, 0.29) is 21.9 Å². The number of nitrogens with zero attached hydrogens (tertiary/aromatic N) is 1. The lowest BCUT2D eigenvalue weighted by Gasteiger charge is -2.37. The highest BCUT2D eigenvalue weighted by molar-refractivity contribution is 6.35. The number of carbonyl (C=O) groups is 2. The van der Waals surface area contributed by atoms with Gasteiger partial charge in [0.2, 0.25) is 11.8 Å². The third-order valence-electron chi connectivity index (χ3n) is 3.44. The maximum Gasteiger partial charge on any atom is 0.250 e. The van der Waals surface area contributed by atoms with Crippen molar-refractivity contribution in [1.82, 2.24) is 5.32 Å². The monoisotopic (exact) mass is 332 g/mol. The molecule has 2 atom stereocenters. The second kappa shape index (κ2) is 6.20. The number of rotatable bonds is 3. The molecule has 1 fully saturated rings. The minimum atomic E-state index is -0.742. The van der Waals surface area contributed by atoms with Crippen LogP contribution < -0.4 is 10.2 Å². The predicted octanol–water partition coefficient (Wildman–Crippen LogP) is 3.15. The maximum atomic E-state index is 13.5. The van der Waals surface area contributed by atoms with Gasteiger partial charge in [0.1, 0.15) is 12.1 Å². The van der Waals surface area contributed by atoms with E-state index in [9.17, 15) is 14.0 Å². The Labute approximate surface area is 132 Å². The summed E-state index contributed by atoms with van der Waals surface area (Å²) in [5.74, 6) is -1.25. The molecule has 2 amide bonds. The van der Waals surface area contributed by atoms with Crippen LogP contribution in [0, 0.1) is 5.82 Å². The van der Waals surface area contributed by atoms with Gasteiger partial charge in [0.15, 0.2) is 5.82 Å². The van der Waals surface area contributed by atoms with Crippen LogP contribution in [-0.4, -0.2) is 23.9 Å². The number of amides is 2. The SMILES string of the molecule is CCCC1NC(=O)C(C)N(c2cc(Cl)c(F)c(Cl)c2)C1=O. The van der Waals surface area contributed by atoms with Crippen LogP contribution in [0.1, 0.15) is 26.7 Å². The zero-order chi connectivity index (χ0) is 15.7. The molecule has 1 saturated heterocycles. The van der Waals surface area contributed by atoms with Crippen LogP contribution in [0.3, 0.4) is 0 Å². The molecule has 0 saturated carbocycles. The standard InChI is InChI=1S/C14H15Cl2FN2O2/c1-3-4-11-14(21)19(7(2)13(20)18-11)8-5-9(15)12(17)10(16)6-8/h5-7,11H,3-4H2,1-2H3,(H,18,20). The van der Waals surface area contributed by atoms with Crippen LogP contribution in [0.4, 0.5) is 10.1 Å². The lowest BCUT2D eigenvalue weighted by atomic mass is 10.0. The molecule has 0 bridgehead atoms. The third-order valence-corrected chi connectivity index (χ3v) is 3.99. The van der Waals surface area contributed by atoms with E-state index >= 15 is 0 Å². The predicted molar refractivity (Wildman–Crippen MR) is 80.2 cm³/mol. The van der Waals surface area contributed by atoms with Gasteiger partial charge in [-0.15, -0.1) is 0 Å². The average molecular weight is 333 g/mol. The van der Waals surface area contributed by atoms with Crippen molar-refractivity contribution in [2.24, 2.45) is 0 Å². The van der Waals surface area contributed by atoms with Gasteiger partial charge in [-0.3, -0.25) is 14.5 Å². The highest BCUT2D eigenvalue weighted by atomic mass is 35.5. The molecule has 1 aliphatic heterocycles. The molecule has 0 spiro atoms. The molecule has 114 valence electrons. The minimum absolute atomic E-state index is 0.185. The van der Waals surface area contributed by atoms with E-state index in [1.54, 1.807) is 6.92 Å². The fourth-order valence-corrected chi connectivity index (χ4v) is 2.82. The number of piperazine rings is 1. The second-order valence-electron chi connectivity index (χ2n) is 4.96. The van der Waals surface area contributed by atoms with Gasteiger partial charge in [0, 0.05) is 5.69 Å². The zero-order valence-corrected chi connectivity index (χ0v) is 13.1. The van der Waals surface area contributed by atoms with Gasteiger partial charge < -0.3 is 5.32 Å².